The molecule has 1 aliphatic carbocycles. The van der Waals surface area contributed by atoms with E-state index in [1.54, 1.807) is 0 Å². The van der Waals surface area contributed by atoms with E-state index in [1.807, 2.05) is 0 Å². The molecule has 0 aliphatic heterocycles. The van der Waals surface area contributed by atoms with Crippen LogP contribution in [0.4, 0.5) is 0 Å². The summed E-state index contributed by atoms with van der Waals surface area (Å²) in [6.07, 6.45) is 11.0. The van der Waals surface area contributed by atoms with E-state index >= 15 is 0 Å². The van der Waals surface area contributed by atoms with E-state index < -0.39 is 0 Å². The van der Waals surface area contributed by atoms with E-state index in [1.165, 1.54) is 44.2 Å². The molecule has 1 aromatic heterocycles. The van der Waals surface area contributed by atoms with Crippen molar-refractivity contribution in [2.75, 3.05) is 6.54 Å². The van der Waals surface area contributed by atoms with Gasteiger partial charge in [-0.2, -0.15) is 5.10 Å². The fourth-order valence-electron chi connectivity index (χ4n) is 3.33. The minimum Gasteiger partial charge on any atom is -0.313 e. The Balaban J connectivity index is 1.88. The van der Waals surface area contributed by atoms with Crippen LogP contribution in [-0.4, -0.2) is 22.4 Å². The summed E-state index contributed by atoms with van der Waals surface area (Å²) in [6, 6.07) is 3.45. The Labute approximate surface area is 130 Å². The molecule has 0 saturated heterocycles. The van der Waals surface area contributed by atoms with E-state index in [2.05, 4.69) is 50.0 Å². The van der Waals surface area contributed by atoms with Crippen molar-refractivity contribution in [2.45, 2.75) is 84.7 Å². The quantitative estimate of drug-likeness (QED) is 0.809. The standard InChI is InChI=1S/C18H33N3/c1-5-13-19-17(18(2,3)4)11-10-15-12-14-21(20-15)16-8-6-7-9-16/h12,14,16-17,19H,5-11,13H2,1-4H3. The zero-order valence-corrected chi connectivity index (χ0v) is 14.4. The van der Waals surface area contributed by atoms with Crippen LogP contribution in [-0.2, 0) is 6.42 Å². The van der Waals surface area contributed by atoms with E-state index in [9.17, 15) is 0 Å². The van der Waals surface area contributed by atoms with Crippen LogP contribution < -0.4 is 5.32 Å². The fourth-order valence-corrected chi connectivity index (χ4v) is 3.33. The Morgan fingerprint density at radius 3 is 2.67 bits per heavy atom. The number of hydrogen-bond acceptors (Lipinski definition) is 2. The smallest absolute Gasteiger partial charge is 0.0625 e. The van der Waals surface area contributed by atoms with Gasteiger partial charge in [-0.3, -0.25) is 4.68 Å². The lowest BCUT2D eigenvalue weighted by molar-refractivity contribution is 0.254. The fraction of sp³-hybridized carbons (Fsp3) is 0.833. The Morgan fingerprint density at radius 2 is 2.05 bits per heavy atom. The van der Waals surface area contributed by atoms with Crippen molar-refractivity contribution in [3.05, 3.63) is 18.0 Å². The lowest BCUT2D eigenvalue weighted by Crippen LogP contribution is -2.41. The second-order valence-electron chi connectivity index (χ2n) is 7.64. The summed E-state index contributed by atoms with van der Waals surface area (Å²) in [7, 11) is 0. The van der Waals surface area contributed by atoms with Gasteiger partial charge in [-0.15, -0.1) is 0 Å². The van der Waals surface area contributed by atoms with Crippen molar-refractivity contribution in [2.24, 2.45) is 5.41 Å². The van der Waals surface area contributed by atoms with Crippen LogP contribution in [0.25, 0.3) is 0 Å². The van der Waals surface area contributed by atoms with Crippen LogP contribution in [0, 0.1) is 5.41 Å². The van der Waals surface area contributed by atoms with Gasteiger partial charge in [0.25, 0.3) is 0 Å². The Morgan fingerprint density at radius 1 is 1.33 bits per heavy atom. The van der Waals surface area contributed by atoms with Crippen molar-refractivity contribution in [3.63, 3.8) is 0 Å². The molecule has 1 saturated carbocycles. The first kappa shape index (κ1) is 16.5. The molecule has 2 rings (SSSR count). The third-order valence-corrected chi connectivity index (χ3v) is 4.74. The third kappa shape index (κ3) is 4.84. The number of rotatable bonds is 7. The molecular formula is C18H33N3. The molecule has 0 aromatic carbocycles. The van der Waals surface area contributed by atoms with E-state index in [0.29, 0.717) is 17.5 Å². The molecular weight excluding hydrogens is 258 g/mol. The number of hydrogen-bond donors (Lipinski definition) is 1. The molecule has 3 nitrogen and oxygen atoms in total. The van der Waals surface area contributed by atoms with Crippen LogP contribution in [0.15, 0.2) is 12.3 Å². The molecule has 0 bridgehead atoms. The minimum atomic E-state index is 0.309. The lowest BCUT2D eigenvalue weighted by Gasteiger charge is -2.31. The van der Waals surface area contributed by atoms with Crippen molar-refractivity contribution in [1.82, 2.24) is 15.1 Å². The van der Waals surface area contributed by atoms with Gasteiger partial charge >= 0.3 is 0 Å². The van der Waals surface area contributed by atoms with Crippen LogP contribution in [0.5, 0.6) is 0 Å². The predicted molar refractivity (Wildman–Crippen MR) is 89.6 cm³/mol. The van der Waals surface area contributed by atoms with Gasteiger partial charge in [-0.25, -0.2) is 0 Å². The summed E-state index contributed by atoms with van der Waals surface area (Å²) >= 11 is 0. The van der Waals surface area contributed by atoms with Gasteiger partial charge in [0.1, 0.15) is 0 Å². The number of aromatic nitrogens is 2. The monoisotopic (exact) mass is 291 g/mol. The highest BCUT2D eigenvalue weighted by Crippen LogP contribution is 2.29. The van der Waals surface area contributed by atoms with Crippen LogP contribution in [0.2, 0.25) is 0 Å². The SMILES string of the molecule is CCCNC(CCc1ccn(C2CCCC2)n1)C(C)(C)C. The van der Waals surface area contributed by atoms with Gasteiger partial charge in [-0.05, 0) is 50.1 Å². The van der Waals surface area contributed by atoms with Crippen LogP contribution in [0.1, 0.15) is 78.0 Å². The second kappa shape index (κ2) is 7.44. The van der Waals surface area contributed by atoms with Crippen molar-refractivity contribution in [3.8, 4) is 0 Å². The summed E-state index contributed by atoms with van der Waals surface area (Å²) in [4.78, 5) is 0. The van der Waals surface area contributed by atoms with Gasteiger partial charge in [-0.1, -0.05) is 40.5 Å². The molecule has 1 fully saturated rings. The molecule has 0 spiro atoms. The van der Waals surface area contributed by atoms with Crippen molar-refractivity contribution < 1.29 is 0 Å². The zero-order chi connectivity index (χ0) is 15.3. The number of nitrogens with zero attached hydrogens (tertiary/aromatic N) is 2. The van der Waals surface area contributed by atoms with Gasteiger partial charge in [0.15, 0.2) is 0 Å². The number of aryl methyl sites for hydroxylation is 1. The highest BCUT2D eigenvalue weighted by Gasteiger charge is 2.24. The van der Waals surface area contributed by atoms with E-state index in [0.717, 1.165) is 13.0 Å². The molecule has 0 amide bonds. The third-order valence-electron chi connectivity index (χ3n) is 4.74. The van der Waals surface area contributed by atoms with Crippen LogP contribution >= 0.6 is 0 Å². The first-order chi connectivity index (χ1) is 10.0. The topological polar surface area (TPSA) is 29.9 Å². The highest BCUT2D eigenvalue weighted by molar-refractivity contribution is 5.01. The first-order valence-electron chi connectivity index (χ1n) is 8.78. The summed E-state index contributed by atoms with van der Waals surface area (Å²) in [6.45, 7) is 10.3. The maximum atomic E-state index is 4.82. The first-order valence-corrected chi connectivity index (χ1v) is 8.78. The zero-order valence-electron chi connectivity index (χ0n) is 14.4. The minimum absolute atomic E-state index is 0.309. The largest absolute Gasteiger partial charge is 0.313 e. The second-order valence-corrected chi connectivity index (χ2v) is 7.64. The molecule has 21 heavy (non-hydrogen) atoms. The molecule has 1 N–H and O–H groups in total. The lowest BCUT2D eigenvalue weighted by atomic mass is 9.83. The Hall–Kier alpha value is -0.830. The molecule has 0 radical (unpaired) electrons. The highest BCUT2D eigenvalue weighted by atomic mass is 15.3. The summed E-state index contributed by atoms with van der Waals surface area (Å²) < 4.78 is 2.22. The van der Waals surface area contributed by atoms with E-state index in [4.69, 9.17) is 5.10 Å². The molecule has 1 unspecified atom stereocenters. The molecule has 120 valence electrons. The Kier molecular flexibility index (Phi) is 5.86. The molecule has 1 heterocycles. The maximum Gasteiger partial charge on any atom is 0.0625 e. The van der Waals surface area contributed by atoms with E-state index in [-0.39, 0.29) is 0 Å². The van der Waals surface area contributed by atoms with Crippen LogP contribution in [0.3, 0.4) is 0 Å². The summed E-state index contributed by atoms with van der Waals surface area (Å²) in [5, 5.41) is 8.52. The summed E-state index contributed by atoms with van der Waals surface area (Å²) in [5.41, 5.74) is 1.57. The van der Waals surface area contributed by atoms with Gasteiger partial charge in [0.2, 0.25) is 0 Å². The molecule has 1 aliphatic rings. The average Bonchev–Trinajstić information content (AvgIpc) is 3.08. The Bertz CT molecular complexity index is 410. The molecule has 1 atom stereocenters. The normalized spacial score (nSPS) is 18.3. The van der Waals surface area contributed by atoms with Crippen molar-refractivity contribution in [1.29, 1.82) is 0 Å². The van der Waals surface area contributed by atoms with Gasteiger partial charge in [0, 0.05) is 12.2 Å². The van der Waals surface area contributed by atoms with Crippen molar-refractivity contribution >= 4 is 0 Å². The average molecular weight is 291 g/mol. The van der Waals surface area contributed by atoms with Gasteiger partial charge in [0.05, 0.1) is 11.7 Å². The number of nitrogens with one attached hydrogen (secondary N) is 1. The van der Waals surface area contributed by atoms with Gasteiger partial charge < -0.3 is 5.32 Å². The molecule has 1 aromatic rings. The molecule has 3 heteroatoms. The maximum absolute atomic E-state index is 4.82. The predicted octanol–water partition coefficient (Wildman–Crippen LogP) is 4.35. The summed E-state index contributed by atoms with van der Waals surface area (Å²) in [5.74, 6) is 0.